The molecule has 1 aromatic heterocycles. The maximum absolute atomic E-state index is 13.7. The summed E-state index contributed by atoms with van der Waals surface area (Å²) >= 11 is 12.6. The largest absolute Gasteiger partial charge is 0.336 e. The first-order valence-electron chi connectivity index (χ1n) is 8.44. The van der Waals surface area contributed by atoms with Gasteiger partial charge in [-0.3, -0.25) is 4.79 Å². The normalized spacial score (nSPS) is 15.8. The predicted molar refractivity (Wildman–Crippen MR) is 108 cm³/mol. The van der Waals surface area contributed by atoms with Crippen LogP contribution >= 0.6 is 34.9 Å². The van der Waals surface area contributed by atoms with Crippen LogP contribution in [-0.2, 0) is 10.0 Å². The van der Waals surface area contributed by atoms with Crippen molar-refractivity contribution in [2.75, 3.05) is 26.2 Å². The third kappa shape index (κ3) is 3.71. The highest BCUT2D eigenvalue weighted by molar-refractivity contribution is 7.89. The maximum atomic E-state index is 13.7. The average molecular weight is 475 g/mol. The lowest BCUT2D eigenvalue weighted by Crippen LogP contribution is -2.50. The number of halogens is 3. The average Bonchev–Trinajstić information content (AvgIpc) is 3.19. The van der Waals surface area contributed by atoms with Crippen LogP contribution in [0.2, 0.25) is 10.0 Å². The Labute approximate surface area is 180 Å². The van der Waals surface area contributed by atoms with Gasteiger partial charge < -0.3 is 4.90 Å². The number of hydrogen-bond donors (Lipinski definition) is 0. The highest BCUT2D eigenvalue weighted by atomic mass is 35.5. The zero-order valence-electron chi connectivity index (χ0n) is 14.7. The minimum absolute atomic E-state index is 0.0109. The molecule has 0 atom stereocenters. The Hall–Kier alpha value is -1.85. The van der Waals surface area contributed by atoms with Gasteiger partial charge in [-0.1, -0.05) is 29.3 Å². The molecule has 0 unspecified atom stereocenters. The van der Waals surface area contributed by atoms with Gasteiger partial charge in [0.15, 0.2) is 0 Å². The second kappa shape index (κ2) is 7.77. The van der Waals surface area contributed by atoms with Crippen LogP contribution in [0.25, 0.3) is 11.0 Å². The summed E-state index contributed by atoms with van der Waals surface area (Å²) in [5.41, 5.74) is 0.840. The summed E-state index contributed by atoms with van der Waals surface area (Å²) in [4.78, 5) is 14.2. The van der Waals surface area contributed by atoms with E-state index >= 15 is 0 Å². The third-order valence-electron chi connectivity index (χ3n) is 4.63. The molecule has 0 bridgehead atoms. The molecule has 1 aliphatic rings. The number of fused-ring (bicyclic) bond motifs is 1. The Kier molecular flexibility index (Phi) is 5.47. The number of sulfonamides is 1. The van der Waals surface area contributed by atoms with E-state index in [1.54, 1.807) is 12.1 Å². The molecule has 0 saturated carbocycles. The number of hydrogen-bond acceptors (Lipinski definition) is 6. The SMILES string of the molecule is O=C(c1cc(F)c(Cl)cc1Cl)N1CCN(S(=O)(=O)c2cccc3nsnc23)CC1. The molecular weight excluding hydrogens is 462 g/mol. The zero-order valence-corrected chi connectivity index (χ0v) is 17.8. The van der Waals surface area contributed by atoms with Gasteiger partial charge in [0.25, 0.3) is 5.91 Å². The van der Waals surface area contributed by atoms with Gasteiger partial charge >= 0.3 is 0 Å². The number of nitrogens with zero attached hydrogens (tertiary/aromatic N) is 4. The predicted octanol–water partition coefficient (Wildman–Crippen LogP) is 3.28. The summed E-state index contributed by atoms with van der Waals surface area (Å²) in [6, 6.07) is 6.98. The molecule has 7 nitrogen and oxygen atoms in total. The Bertz CT molecular complexity index is 1210. The third-order valence-corrected chi connectivity index (χ3v) is 7.71. The lowest BCUT2D eigenvalue weighted by Gasteiger charge is -2.34. The molecule has 152 valence electrons. The Morgan fingerprint density at radius 3 is 2.52 bits per heavy atom. The fourth-order valence-electron chi connectivity index (χ4n) is 3.12. The van der Waals surface area contributed by atoms with Crippen LogP contribution in [0.15, 0.2) is 35.2 Å². The fraction of sp³-hybridized carbons (Fsp3) is 0.235. The molecule has 0 spiro atoms. The summed E-state index contributed by atoms with van der Waals surface area (Å²) in [7, 11) is -3.80. The van der Waals surface area contributed by atoms with Crippen LogP contribution in [0.5, 0.6) is 0 Å². The number of aromatic nitrogens is 2. The molecular formula is C17H13Cl2FN4O3S2. The fourth-order valence-corrected chi connectivity index (χ4v) is 5.76. The van der Waals surface area contributed by atoms with Crippen LogP contribution in [0.1, 0.15) is 10.4 Å². The van der Waals surface area contributed by atoms with Gasteiger partial charge in [-0.05, 0) is 24.3 Å². The van der Waals surface area contributed by atoms with Crippen molar-refractivity contribution in [1.82, 2.24) is 18.0 Å². The molecule has 1 amide bonds. The van der Waals surface area contributed by atoms with Gasteiger partial charge in [0.05, 0.1) is 27.3 Å². The van der Waals surface area contributed by atoms with E-state index in [2.05, 4.69) is 8.75 Å². The minimum atomic E-state index is -3.80. The van der Waals surface area contributed by atoms with E-state index in [4.69, 9.17) is 23.2 Å². The highest BCUT2D eigenvalue weighted by Crippen LogP contribution is 2.28. The number of carbonyl (C=O) groups is 1. The summed E-state index contributed by atoms with van der Waals surface area (Å²) in [5.74, 6) is -1.22. The molecule has 2 heterocycles. The molecule has 12 heteroatoms. The van der Waals surface area contributed by atoms with Gasteiger partial charge in [-0.15, -0.1) is 0 Å². The molecule has 1 fully saturated rings. The van der Waals surface area contributed by atoms with Gasteiger partial charge in [0.2, 0.25) is 10.0 Å². The molecule has 0 N–H and O–H groups in total. The molecule has 2 aromatic carbocycles. The van der Waals surface area contributed by atoms with E-state index in [9.17, 15) is 17.6 Å². The molecule has 1 saturated heterocycles. The maximum Gasteiger partial charge on any atom is 0.255 e. The van der Waals surface area contributed by atoms with Gasteiger partial charge in [0, 0.05) is 26.2 Å². The Morgan fingerprint density at radius 2 is 1.79 bits per heavy atom. The van der Waals surface area contributed by atoms with E-state index in [0.717, 1.165) is 17.8 Å². The lowest BCUT2D eigenvalue weighted by molar-refractivity contribution is 0.0697. The van der Waals surface area contributed by atoms with Crippen molar-refractivity contribution >= 4 is 61.9 Å². The number of amides is 1. The van der Waals surface area contributed by atoms with Crippen LogP contribution in [0, 0.1) is 5.82 Å². The van der Waals surface area contributed by atoms with Crippen molar-refractivity contribution in [3.63, 3.8) is 0 Å². The number of rotatable bonds is 3. The number of benzene rings is 2. The first-order valence-corrected chi connectivity index (χ1v) is 11.4. The summed E-state index contributed by atoms with van der Waals surface area (Å²) in [5, 5.41) is -0.132. The van der Waals surface area contributed by atoms with Crippen molar-refractivity contribution in [2.24, 2.45) is 0 Å². The number of piperazine rings is 1. The second-order valence-electron chi connectivity index (χ2n) is 6.33. The van der Waals surface area contributed by atoms with Crippen molar-refractivity contribution < 1.29 is 17.6 Å². The summed E-state index contributed by atoms with van der Waals surface area (Å²) in [6.07, 6.45) is 0. The molecule has 29 heavy (non-hydrogen) atoms. The molecule has 3 aromatic rings. The lowest BCUT2D eigenvalue weighted by atomic mass is 10.1. The van der Waals surface area contributed by atoms with Gasteiger partial charge in [0.1, 0.15) is 21.7 Å². The number of carbonyl (C=O) groups excluding carboxylic acids is 1. The van der Waals surface area contributed by atoms with Crippen LogP contribution in [0.4, 0.5) is 4.39 Å². The highest BCUT2D eigenvalue weighted by Gasteiger charge is 2.32. The molecule has 0 radical (unpaired) electrons. The first-order chi connectivity index (χ1) is 13.8. The van der Waals surface area contributed by atoms with Crippen molar-refractivity contribution in [2.45, 2.75) is 4.90 Å². The summed E-state index contributed by atoms with van der Waals surface area (Å²) in [6.45, 7) is 0.472. The van der Waals surface area contributed by atoms with Crippen LogP contribution in [0.3, 0.4) is 0 Å². The smallest absolute Gasteiger partial charge is 0.255 e. The van der Waals surface area contributed by atoms with Crippen LogP contribution in [-0.4, -0.2) is 58.5 Å². The van der Waals surface area contributed by atoms with Crippen molar-refractivity contribution in [3.05, 3.63) is 51.8 Å². The van der Waals surface area contributed by atoms with Gasteiger partial charge in [-0.25, -0.2) is 12.8 Å². The summed E-state index contributed by atoms with van der Waals surface area (Å²) < 4.78 is 49.3. The van der Waals surface area contributed by atoms with Crippen molar-refractivity contribution in [3.8, 4) is 0 Å². The quantitative estimate of drug-likeness (QED) is 0.543. The van der Waals surface area contributed by atoms with E-state index in [1.807, 2.05) is 0 Å². The second-order valence-corrected chi connectivity index (χ2v) is 9.58. The Morgan fingerprint density at radius 1 is 1.07 bits per heavy atom. The molecule has 0 aliphatic carbocycles. The monoisotopic (exact) mass is 474 g/mol. The zero-order chi connectivity index (χ0) is 20.8. The van der Waals surface area contributed by atoms with Crippen LogP contribution < -0.4 is 0 Å². The van der Waals surface area contributed by atoms with E-state index in [0.29, 0.717) is 11.0 Å². The first kappa shape index (κ1) is 20.4. The standard InChI is InChI=1S/C17H13Cl2FN4O3S2/c18-11-9-12(19)13(20)8-10(11)17(25)23-4-6-24(7-5-23)29(26,27)15-3-1-2-14-16(15)22-28-21-14/h1-3,8-9H,4-7H2. The Balaban J connectivity index is 1.53. The minimum Gasteiger partial charge on any atom is -0.336 e. The van der Waals surface area contributed by atoms with Gasteiger partial charge in [-0.2, -0.15) is 13.1 Å². The van der Waals surface area contributed by atoms with E-state index < -0.39 is 21.7 Å². The molecule has 4 rings (SSSR count). The van der Waals surface area contributed by atoms with E-state index in [-0.39, 0.29) is 46.7 Å². The molecule has 1 aliphatic heterocycles. The topological polar surface area (TPSA) is 83.5 Å². The van der Waals surface area contributed by atoms with E-state index in [1.165, 1.54) is 21.3 Å². The van der Waals surface area contributed by atoms with Crippen molar-refractivity contribution in [1.29, 1.82) is 0 Å².